The average Bonchev–Trinajstić information content (AvgIpc) is 2.41. The summed E-state index contributed by atoms with van der Waals surface area (Å²) in [6.45, 7) is 0. The molecule has 2 atom stereocenters. The van der Waals surface area contributed by atoms with Crippen LogP contribution in [-0.2, 0) is 11.2 Å². The number of amides is 1. The van der Waals surface area contributed by atoms with Gasteiger partial charge in [-0.1, -0.05) is 18.6 Å². The number of hydrogen-bond acceptors (Lipinski definition) is 3. The molecule has 3 N–H and O–H groups in total. The number of thioether (sulfide) groups is 1. The molecule has 1 aliphatic carbocycles. The number of nitrogens with two attached hydrogens (primary N) is 1. The Hall–Kier alpha value is -1.16. The number of benzene rings is 1. The molecule has 1 fully saturated rings. The van der Waals surface area contributed by atoms with Crippen molar-refractivity contribution < 1.29 is 4.79 Å². The minimum atomic E-state index is 0.122. The van der Waals surface area contributed by atoms with Gasteiger partial charge in [0.1, 0.15) is 0 Å². The van der Waals surface area contributed by atoms with Crippen LogP contribution in [0.3, 0.4) is 0 Å². The van der Waals surface area contributed by atoms with E-state index in [1.54, 1.807) is 0 Å². The second-order valence-electron chi connectivity index (χ2n) is 5.21. The molecule has 104 valence electrons. The van der Waals surface area contributed by atoms with Gasteiger partial charge < -0.3 is 11.1 Å². The van der Waals surface area contributed by atoms with Crippen LogP contribution in [0.4, 0.5) is 5.69 Å². The number of nitrogen functional groups attached to an aromatic ring is 1. The van der Waals surface area contributed by atoms with Crippen LogP contribution in [-0.4, -0.2) is 23.5 Å². The monoisotopic (exact) mass is 278 g/mol. The van der Waals surface area contributed by atoms with Gasteiger partial charge in [-0.2, -0.15) is 11.8 Å². The van der Waals surface area contributed by atoms with Crippen LogP contribution >= 0.6 is 11.8 Å². The molecule has 2 rings (SSSR count). The van der Waals surface area contributed by atoms with Crippen LogP contribution in [0.1, 0.15) is 31.2 Å². The summed E-state index contributed by atoms with van der Waals surface area (Å²) in [6.07, 6.45) is 7.33. The second-order valence-corrected chi connectivity index (χ2v) is 6.35. The molecule has 0 saturated heterocycles. The van der Waals surface area contributed by atoms with E-state index in [1.165, 1.54) is 12.8 Å². The zero-order valence-electron chi connectivity index (χ0n) is 11.4. The Morgan fingerprint density at radius 1 is 1.37 bits per heavy atom. The van der Waals surface area contributed by atoms with Crippen LogP contribution in [0.5, 0.6) is 0 Å². The molecule has 1 saturated carbocycles. The summed E-state index contributed by atoms with van der Waals surface area (Å²) in [6, 6.07) is 7.87. The predicted molar refractivity (Wildman–Crippen MR) is 82.3 cm³/mol. The summed E-state index contributed by atoms with van der Waals surface area (Å²) in [7, 11) is 0. The standard InChI is InChI=1S/C15H22N2OS/c1-19-14-4-2-3-13(10-14)17-15(18)9-11-5-7-12(16)8-6-11/h5-8,13-14H,2-4,9-10,16H2,1H3,(H,17,18). The van der Waals surface area contributed by atoms with Crippen molar-refractivity contribution in [2.24, 2.45) is 0 Å². The first-order valence-electron chi connectivity index (χ1n) is 6.84. The van der Waals surface area contributed by atoms with Gasteiger partial charge in [-0.05, 0) is 43.2 Å². The van der Waals surface area contributed by atoms with Gasteiger partial charge in [0.2, 0.25) is 5.91 Å². The third-order valence-electron chi connectivity index (χ3n) is 3.67. The van der Waals surface area contributed by atoms with Gasteiger partial charge in [0, 0.05) is 17.0 Å². The molecule has 3 nitrogen and oxygen atoms in total. The fourth-order valence-corrected chi connectivity index (χ4v) is 3.42. The molecule has 19 heavy (non-hydrogen) atoms. The van der Waals surface area contributed by atoms with E-state index in [9.17, 15) is 4.79 Å². The third-order valence-corrected chi connectivity index (χ3v) is 4.76. The van der Waals surface area contributed by atoms with Gasteiger partial charge in [-0.3, -0.25) is 4.79 Å². The molecule has 1 amide bonds. The summed E-state index contributed by atoms with van der Waals surface area (Å²) in [4.78, 5) is 12.0. The fraction of sp³-hybridized carbons (Fsp3) is 0.533. The van der Waals surface area contributed by atoms with Crippen molar-refractivity contribution in [3.05, 3.63) is 29.8 Å². The van der Waals surface area contributed by atoms with Crippen molar-refractivity contribution in [3.63, 3.8) is 0 Å². The molecular formula is C15H22N2OS. The molecule has 1 aliphatic rings. The first kappa shape index (κ1) is 14.3. The zero-order chi connectivity index (χ0) is 13.7. The summed E-state index contributed by atoms with van der Waals surface area (Å²) in [5, 5.41) is 3.87. The van der Waals surface area contributed by atoms with E-state index in [-0.39, 0.29) is 5.91 Å². The zero-order valence-corrected chi connectivity index (χ0v) is 12.2. The highest BCUT2D eigenvalue weighted by Crippen LogP contribution is 2.26. The van der Waals surface area contributed by atoms with Crippen LogP contribution < -0.4 is 11.1 Å². The van der Waals surface area contributed by atoms with Crippen molar-refractivity contribution in [2.75, 3.05) is 12.0 Å². The number of carbonyl (C=O) groups is 1. The van der Waals surface area contributed by atoms with Gasteiger partial charge in [0.25, 0.3) is 0 Å². The highest BCUT2D eigenvalue weighted by molar-refractivity contribution is 7.99. The van der Waals surface area contributed by atoms with E-state index in [1.807, 2.05) is 36.0 Å². The van der Waals surface area contributed by atoms with Gasteiger partial charge >= 0.3 is 0 Å². The lowest BCUT2D eigenvalue weighted by Gasteiger charge is -2.28. The summed E-state index contributed by atoms with van der Waals surface area (Å²) < 4.78 is 0. The molecule has 0 aromatic heterocycles. The molecule has 0 heterocycles. The maximum Gasteiger partial charge on any atom is 0.224 e. The van der Waals surface area contributed by atoms with Gasteiger partial charge in [0.15, 0.2) is 0 Å². The minimum Gasteiger partial charge on any atom is -0.399 e. The van der Waals surface area contributed by atoms with E-state index >= 15 is 0 Å². The Morgan fingerprint density at radius 3 is 2.79 bits per heavy atom. The quantitative estimate of drug-likeness (QED) is 0.832. The largest absolute Gasteiger partial charge is 0.399 e. The van der Waals surface area contributed by atoms with Crippen LogP contribution in [0.15, 0.2) is 24.3 Å². The summed E-state index contributed by atoms with van der Waals surface area (Å²) in [5.41, 5.74) is 7.39. The lowest BCUT2D eigenvalue weighted by molar-refractivity contribution is -0.121. The molecular weight excluding hydrogens is 256 g/mol. The van der Waals surface area contributed by atoms with E-state index in [0.717, 1.165) is 24.1 Å². The number of rotatable bonds is 4. The normalized spacial score (nSPS) is 23.0. The van der Waals surface area contributed by atoms with Crippen LogP contribution in [0, 0.1) is 0 Å². The average molecular weight is 278 g/mol. The highest BCUT2D eigenvalue weighted by atomic mass is 32.2. The Kier molecular flexibility index (Phi) is 5.14. The van der Waals surface area contributed by atoms with E-state index < -0.39 is 0 Å². The van der Waals surface area contributed by atoms with E-state index in [0.29, 0.717) is 17.7 Å². The van der Waals surface area contributed by atoms with Crippen LogP contribution in [0.2, 0.25) is 0 Å². The Morgan fingerprint density at radius 2 is 2.11 bits per heavy atom. The number of nitrogens with one attached hydrogen (secondary N) is 1. The van der Waals surface area contributed by atoms with Crippen LogP contribution in [0.25, 0.3) is 0 Å². The summed E-state index contributed by atoms with van der Waals surface area (Å²) >= 11 is 1.92. The van der Waals surface area contributed by atoms with Gasteiger partial charge in [-0.25, -0.2) is 0 Å². The smallest absolute Gasteiger partial charge is 0.224 e. The van der Waals surface area contributed by atoms with Crippen molar-refractivity contribution in [2.45, 2.75) is 43.4 Å². The van der Waals surface area contributed by atoms with Gasteiger partial charge in [0.05, 0.1) is 6.42 Å². The Bertz CT molecular complexity index is 419. The molecule has 1 aromatic carbocycles. The Labute approximate surface area is 119 Å². The maximum absolute atomic E-state index is 12.0. The molecule has 0 radical (unpaired) electrons. The molecule has 0 spiro atoms. The maximum atomic E-state index is 12.0. The molecule has 0 bridgehead atoms. The number of hydrogen-bond donors (Lipinski definition) is 2. The molecule has 2 unspecified atom stereocenters. The number of anilines is 1. The van der Waals surface area contributed by atoms with Crippen molar-refractivity contribution in [1.82, 2.24) is 5.32 Å². The second kappa shape index (κ2) is 6.85. The highest BCUT2D eigenvalue weighted by Gasteiger charge is 2.22. The Balaban J connectivity index is 1.82. The summed E-state index contributed by atoms with van der Waals surface area (Å²) in [5.74, 6) is 0.122. The first-order chi connectivity index (χ1) is 9.17. The predicted octanol–water partition coefficient (Wildman–Crippen LogP) is 2.60. The van der Waals surface area contributed by atoms with E-state index in [2.05, 4.69) is 11.6 Å². The van der Waals surface area contributed by atoms with Crippen molar-refractivity contribution in [3.8, 4) is 0 Å². The van der Waals surface area contributed by atoms with Crippen molar-refractivity contribution in [1.29, 1.82) is 0 Å². The third kappa shape index (κ3) is 4.46. The molecule has 0 aliphatic heterocycles. The SMILES string of the molecule is CSC1CCCC(NC(=O)Cc2ccc(N)cc2)C1. The van der Waals surface area contributed by atoms with Crippen molar-refractivity contribution >= 4 is 23.4 Å². The topological polar surface area (TPSA) is 55.1 Å². The first-order valence-corrected chi connectivity index (χ1v) is 8.12. The fourth-order valence-electron chi connectivity index (χ4n) is 2.59. The molecule has 1 aromatic rings. The van der Waals surface area contributed by atoms with E-state index in [4.69, 9.17) is 5.73 Å². The minimum absolute atomic E-state index is 0.122. The van der Waals surface area contributed by atoms with Gasteiger partial charge in [-0.15, -0.1) is 0 Å². The molecule has 4 heteroatoms. The lowest BCUT2D eigenvalue weighted by atomic mass is 9.94. The number of carbonyl (C=O) groups excluding carboxylic acids is 1. The lowest BCUT2D eigenvalue weighted by Crippen LogP contribution is -2.39.